The first-order valence-corrected chi connectivity index (χ1v) is 20.9. The number of carboxylic acid groups (broad SMARTS) is 2. The van der Waals surface area contributed by atoms with Crippen molar-refractivity contribution in [2.75, 3.05) is 6.61 Å². The van der Waals surface area contributed by atoms with Crippen molar-refractivity contribution in [2.45, 2.75) is 174 Å². The predicted molar refractivity (Wildman–Crippen MR) is 198 cm³/mol. The Balaban J connectivity index is 1.11. The van der Waals surface area contributed by atoms with E-state index in [2.05, 4.69) is 47.6 Å². The van der Waals surface area contributed by atoms with E-state index in [-0.39, 0.29) is 35.2 Å². The van der Waals surface area contributed by atoms with Gasteiger partial charge in [0.25, 0.3) is 0 Å². The third-order valence-electron chi connectivity index (χ3n) is 17.4. The van der Waals surface area contributed by atoms with E-state index in [1.54, 1.807) is 6.92 Å². The average Bonchev–Trinajstić information content (AvgIpc) is 3.14. The van der Waals surface area contributed by atoms with Gasteiger partial charge in [-0.1, -0.05) is 53.2 Å². The number of aliphatic carboxylic acids is 2. The Kier molecular flexibility index (Phi) is 11.0. The Morgan fingerprint density at radius 1 is 0.750 bits per heavy atom. The zero-order valence-electron chi connectivity index (χ0n) is 33.9. The van der Waals surface area contributed by atoms with Gasteiger partial charge in [-0.3, -0.25) is 9.59 Å². The van der Waals surface area contributed by atoms with E-state index in [9.17, 15) is 50.4 Å². The molecule has 2 saturated heterocycles. The maximum atomic E-state index is 13.9. The molecule has 2 aliphatic heterocycles. The Bertz CT molecular complexity index is 1550. The molecule has 0 aromatic rings. The Morgan fingerprint density at radius 2 is 1.41 bits per heavy atom. The van der Waals surface area contributed by atoms with Gasteiger partial charge < -0.3 is 59.8 Å². The molecule has 20 atom stereocenters. The van der Waals surface area contributed by atoms with Gasteiger partial charge in [-0.05, 0) is 111 Å². The highest BCUT2D eigenvalue weighted by atomic mass is 16.7. The molecule has 0 aromatic heterocycles. The van der Waals surface area contributed by atoms with Crippen LogP contribution in [0.4, 0.5) is 0 Å². The van der Waals surface area contributed by atoms with E-state index < -0.39 is 102 Å². The second-order valence-electron chi connectivity index (χ2n) is 20.0. The van der Waals surface area contributed by atoms with Crippen molar-refractivity contribution in [1.29, 1.82) is 0 Å². The number of carbonyl (C=O) groups is 2. The summed E-state index contributed by atoms with van der Waals surface area (Å²) >= 11 is 0. The van der Waals surface area contributed by atoms with Crippen LogP contribution in [0.2, 0.25) is 0 Å². The van der Waals surface area contributed by atoms with Gasteiger partial charge in [0.05, 0.1) is 29.6 Å². The van der Waals surface area contributed by atoms with Gasteiger partial charge in [0.15, 0.2) is 12.6 Å². The summed E-state index contributed by atoms with van der Waals surface area (Å²) in [5.74, 6) is -1.45. The molecule has 2 heterocycles. The molecule has 7 rings (SSSR count). The van der Waals surface area contributed by atoms with Gasteiger partial charge in [-0.25, -0.2) is 0 Å². The molecule has 4 saturated carbocycles. The van der Waals surface area contributed by atoms with Crippen LogP contribution in [0.25, 0.3) is 0 Å². The lowest BCUT2D eigenvalue weighted by molar-refractivity contribution is -0.364. The first-order chi connectivity index (χ1) is 26.1. The van der Waals surface area contributed by atoms with Crippen molar-refractivity contribution in [2.24, 2.45) is 56.7 Å². The molecule has 7 aliphatic rings. The van der Waals surface area contributed by atoms with E-state index in [0.29, 0.717) is 44.4 Å². The second kappa shape index (κ2) is 14.5. The van der Waals surface area contributed by atoms with Crippen LogP contribution < -0.4 is 0 Å². The minimum absolute atomic E-state index is 0.0289. The molecule has 8 N–H and O–H groups in total. The molecule has 14 heteroatoms. The van der Waals surface area contributed by atoms with E-state index >= 15 is 0 Å². The Labute approximate surface area is 329 Å². The maximum absolute atomic E-state index is 13.9. The number of carboxylic acids is 2. The number of hydrogen-bond acceptors (Lipinski definition) is 12. The predicted octanol–water partition coefficient (Wildman–Crippen LogP) is 2.83. The van der Waals surface area contributed by atoms with Crippen LogP contribution in [0, 0.1) is 56.7 Å². The molecule has 0 aromatic carbocycles. The van der Waals surface area contributed by atoms with Crippen LogP contribution >= 0.6 is 0 Å². The Morgan fingerprint density at radius 3 is 2.05 bits per heavy atom. The van der Waals surface area contributed by atoms with Crippen molar-refractivity contribution in [3.63, 3.8) is 0 Å². The molecule has 0 bridgehead atoms. The van der Waals surface area contributed by atoms with Crippen molar-refractivity contribution in [3.05, 3.63) is 11.6 Å². The molecule has 0 amide bonds. The number of rotatable bonds is 7. The molecule has 6 fully saturated rings. The lowest BCUT2D eigenvalue weighted by Crippen LogP contribution is -2.68. The zero-order chi connectivity index (χ0) is 41.1. The van der Waals surface area contributed by atoms with Gasteiger partial charge in [0.2, 0.25) is 0 Å². The van der Waals surface area contributed by atoms with E-state index in [1.165, 1.54) is 0 Å². The van der Waals surface area contributed by atoms with Gasteiger partial charge >= 0.3 is 11.9 Å². The zero-order valence-corrected chi connectivity index (χ0v) is 33.9. The molecule has 0 radical (unpaired) electrons. The molecule has 0 spiro atoms. The summed E-state index contributed by atoms with van der Waals surface area (Å²) in [7, 11) is 0. The monoisotopic (exact) mass is 794 g/mol. The van der Waals surface area contributed by atoms with Crippen molar-refractivity contribution in [1.82, 2.24) is 0 Å². The van der Waals surface area contributed by atoms with Crippen LogP contribution in [0.15, 0.2) is 11.6 Å². The summed E-state index contributed by atoms with van der Waals surface area (Å²) in [4.78, 5) is 27.0. The highest BCUT2D eigenvalue weighted by Crippen LogP contribution is 2.76. The smallest absolute Gasteiger partial charge is 0.314 e. The van der Waals surface area contributed by atoms with Crippen LogP contribution in [0.3, 0.4) is 0 Å². The third kappa shape index (κ3) is 5.85. The van der Waals surface area contributed by atoms with Crippen molar-refractivity contribution in [3.8, 4) is 0 Å². The summed E-state index contributed by atoms with van der Waals surface area (Å²) in [5, 5.41) is 85.2. The summed E-state index contributed by atoms with van der Waals surface area (Å²) in [6.07, 6.45) is -6.76. The average molecular weight is 795 g/mol. The van der Waals surface area contributed by atoms with Gasteiger partial charge in [-0.2, -0.15) is 0 Å². The largest absolute Gasteiger partial charge is 0.481 e. The van der Waals surface area contributed by atoms with Crippen LogP contribution in [0.1, 0.15) is 106 Å². The number of aliphatic hydroxyl groups excluding tert-OH is 6. The number of aliphatic hydroxyl groups is 6. The van der Waals surface area contributed by atoms with Crippen LogP contribution in [-0.2, 0) is 28.5 Å². The van der Waals surface area contributed by atoms with E-state index in [0.717, 1.165) is 24.8 Å². The standard InChI is InChI=1S/C42H66O14/c1-19-10-15-41(36(49)50)16-17-42(37(51)52)22(27(41)20(19)2)8-9-25-39(6)13-12-26(38(4,5)24(39)11-14-40(25,42)7)55-34-32(48)30(46)33(21(3)53-34)56-35-31(47)29(45)28(44)23(18-43)54-35/h8,19-21,23-35,43-48H,9-18H2,1-7H3,(H,49,50)(H,51,52)/t19-,20+,21-,23-,24+,25-,26+,27-,28-,29+,30-,31-,32+,33+,34+,35+,39-,40+,41+,42-/m1/s1. The molecular weight excluding hydrogens is 728 g/mol. The fourth-order valence-corrected chi connectivity index (χ4v) is 14.0. The Hall–Kier alpha value is -1.72. The highest BCUT2D eigenvalue weighted by Gasteiger charge is 2.73. The molecule has 56 heavy (non-hydrogen) atoms. The van der Waals surface area contributed by atoms with Crippen molar-refractivity contribution < 1.29 is 69.4 Å². The van der Waals surface area contributed by atoms with Gasteiger partial charge in [0, 0.05) is 0 Å². The topological polar surface area (TPSA) is 233 Å². The molecule has 14 nitrogen and oxygen atoms in total. The van der Waals surface area contributed by atoms with E-state index in [1.807, 2.05) is 0 Å². The number of hydrogen-bond donors (Lipinski definition) is 8. The summed E-state index contributed by atoms with van der Waals surface area (Å²) in [6.45, 7) is 14.1. The van der Waals surface area contributed by atoms with Crippen molar-refractivity contribution >= 4 is 11.9 Å². The molecule has 0 unspecified atom stereocenters. The number of allylic oxidation sites excluding steroid dienone is 1. The maximum Gasteiger partial charge on any atom is 0.314 e. The third-order valence-corrected chi connectivity index (χ3v) is 17.4. The molecular formula is C42H66O14. The summed E-state index contributed by atoms with van der Waals surface area (Å²) in [5.41, 5.74) is -2.55. The normalized spacial score (nSPS) is 54.1. The highest BCUT2D eigenvalue weighted by molar-refractivity contribution is 5.84. The minimum atomic E-state index is -1.69. The van der Waals surface area contributed by atoms with Gasteiger partial charge in [0.1, 0.15) is 42.7 Å². The van der Waals surface area contributed by atoms with Gasteiger partial charge in [-0.15, -0.1) is 0 Å². The fourth-order valence-electron chi connectivity index (χ4n) is 14.0. The summed E-state index contributed by atoms with van der Waals surface area (Å²) in [6, 6.07) is 0. The first-order valence-electron chi connectivity index (χ1n) is 20.9. The summed E-state index contributed by atoms with van der Waals surface area (Å²) < 4.78 is 24.0. The fraction of sp³-hybridized carbons (Fsp3) is 0.905. The first kappa shape index (κ1) is 42.4. The molecule has 318 valence electrons. The second-order valence-corrected chi connectivity index (χ2v) is 20.0. The van der Waals surface area contributed by atoms with Crippen LogP contribution in [-0.4, -0.2) is 127 Å². The van der Waals surface area contributed by atoms with E-state index in [4.69, 9.17) is 18.9 Å². The lowest BCUT2D eigenvalue weighted by atomic mass is 9.33. The SMILES string of the molecule is C[C@H]1[C@H](C)CC[C@]2(C(=O)O)CC[C@]3(C(=O)O)C(=CC[C@@H]4[C@]5(C)CC[C@H](O[C@@H]6O[C@H](C)[C@H](O[C@@H]7O[C@H](CO)[C@@H](O)[C@H](O)[C@H]7O)[C@H](O)[C@@H]6O)C(C)(C)[C@@H]5CC[C@@]43C)[C@@H]12. The minimum Gasteiger partial charge on any atom is -0.481 e. The molecule has 5 aliphatic carbocycles. The lowest BCUT2D eigenvalue weighted by Gasteiger charge is -2.70. The number of fused-ring (bicyclic) bond motifs is 7. The quantitative estimate of drug-likeness (QED) is 0.137. The van der Waals surface area contributed by atoms with Crippen LogP contribution in [0.5, 0.6) is 0 Å². The number of ether oxygens (including phenoxy) is 4.